The summed E-state index contributed by atoms with van der Waals surface area (Å²) in [6.07, 6.45) is -3.57. The van der Waals surface area contributed by atoms with Crippen molar-refractivity contribution in [3.63, 3.8) is 0 Å². The highest BCUT2D eigenvalue weighted by Gasteiger charge is 2.46. The Kier molecular flexibility index (Phi) is 9.35. The summed E-state index contributed by atoms with van der Waals surface area (Å²) in [6, 6.07) is 12.7. The average molecular weight is 536 g/mol. The lowest BCUT2D eigenvalue weighted by atomic mass is 10.0. The molecule has 3 rings (SSSR count). The van der Waals surface area contributed by atoms with Crippen LogP contribution in [0.2, 0.25) is 0 Å². The van der Waals surface area contributed by atoms with E-state index >= 15 is 0 Å². The van der Waals surface area contributed by atoms with Crippen LogP contribution in [0.25, 0.3) is 0 Å². The lowest BCUT2D eigenvalue weighted by Crippen LogP contribution is -2.53. The molecule has 1 N–H and O–H groups in total. The minimum absolute atomic E-state index is 0.0620. The van der Waals surface area contributed by atoms with Crippen LogP contribution in [-0.2, 0) is 28.6 Å². The zero-order valence-corrected chi connectivity index (χ0v) is 21.3. The predicted molar refractivity (Wildman–Crippen MR) is 132 cm³/mol. The Morgan fingerprint density at radius 2 is 1.42 bits per heavy atom. The monoisotopic (exact) mass is 535 g/mol. The molecule has 1 heterocycles. The number of nitrogens with zero attached hydrogens (tertiary/aromatic N) is 1. The van der Waals surface area contributed by atoms with Crippen LogP contribution < -0.4 is 0 Å². The Labute approximate surface area is 215 Å². The number of hydrogen-bond acceptors (Lipinski definition) is 11. The van der Waals surface area contributed by atoms with Crippen LogP contribution >= 0.6 is 23.5 Å². The van der Waals surface area contributed by atoms with Crippen LogP contribution in [-0.4, -0.2) is 56.6 Å². The molecule has 0 bridgehead atoms. The molecule has 0 aliphatic carbocycles. The van der Waals surface area contributed by atoms with Crippen LogP contribution in [0.4, 0.5) is 5.69 Å². The molecular weight excluding hydrogens is 510 g/mol. The molecule has 0 radical (unpaired) electrons. The van der Waals surface area contributed by atoms with Gasteiger partial charge >= 0.3 is 17.9 Å². The van der Waals surface area contributed by atoms with Crippen LogP contribution in [0, 0.1) is 10.1 Å². The number of nitro benzene ring substituents is 1. The standard InChI is InChI=1S/C24H25NO9S2/c1-13(26)32-20-12-35-24(23(34-15(3)28)22(20)33-14(2)27)36-19-10-6-17(7-11-19)21(29)16-4-8-18(9-5-16)25(30)31/h4-11,20-24,29H,12H2,1-3H3/t20-,21?,22+,23-,24+/m1/s1. The summed E-state index contributed by atoms with van der Waals surface area (Å²) in [5, 5.41) is 21.5. The minimum atomic E-state index is -0.972. The fraction of sp³-hybridized carbons (Fsp3) is 0.375. The molecule has 0 aromatic heterocycles. The quantitative estimate of drug-likeness (QED) is 0.229. The zero-order valence-electron chi connectivity index (χ0n) is 19.7. The number of hydrogen-bond donors (Lipinski definition) is 1. The highest BCUT2D eigenvalue weighted by molar-refractivity contribution is 8.17. The maximum atomic E-state index is 11.8. The lowest BCUT2D eigenvalue weighted by molar-refractivity contribution is -0.384. The fourth-order valence-electron chi connectivity index (χ4n) is 3.64. The third-order valence-corrected chi connectivity index (χ3v) is 8.03. The van der Waals surface area contributed by atoms with Crippen molar-refractivity contribution in [1.29, 1.82) is 0 Å². The fourth-order valence-corrected chi connectivity index (χ4v) is 6.43. The van der Waals surface area contributed by atoms with Gasteiger partial charge in [0.25, 0.3) is 5.69 Å². The maximum absolute atomic E-state index is 11.8. The molecule has 36 heavy (non-hydrogen) atoms. The Morgan fingerprint density at radius 3 is 1.92 bits per heavy atom. The van der Waals surface area contributed by atoms with E-state index < -0.39 is 47.2 Å². The molecule has 1 aliphatic rings. The first-order valence-electron chi connectivity index (χ1n) is 10.9. The Morgan fingerprint density at radius 1 is 0.917 bits per heavy atom. The number of ether oxygens (including phenoxy) is 3. The number of aliphatic hydroxyl groups is 1. The first kappa shape index (κ1) is 27.5. The average Bonchev–Trinajstić information content (AvgIpc) is 2.82. The number of aliphatic hydroxyl groups excluding tert-OH is 1. The van der Waals surface area contributed by atoms with E-state index in [0.29, 0.717) is 16.9 Å². The van der Waals surface area contributed by atoms with Gasteiger partial charge in [-0.25, -0.2) is 0 Å². The van der Waals surface area contributed by atoms with Crippen molar-refractivity contribution in [2.75, 3.05) is 5.75 Å². The molecule has 12 heteroatoms. The third kappa shape index (κ3) is 7.21. The lowest BCUT2D eigenvalue weighted by Gasteiger charge is -2.39. The molecule has 0 amide bonds. The minimum Gasteiger partial charge on any atom is -0.458 e. The van der Waals surface area contributed by atoms with Crippen LogP contribution in [0.15, 0.2) is 53.4 Å². The van der Waals surface area contributed by atoms with Gasteiger partial charge in [0.15, 0.2) is 18.3 Å². The van der Waals surface area contributed by atoms with Gasteiger partial charge in [-0.1, -0.05) is 12.1 Å². The Hall–Kier alpha value is -3.09. The summed E-state index contributed by atoms with van der Waals surface area (Å²) >= 11 is 2.80. The summed E-state index contributed by atoms with van der Waals surface area (Å²) in [5.74, 6) is -1.35. The second-order valence-corrected chi connectivity index (χ2v) is 10.6. The van der Waals surface area contributed by atoms with Gasteiger partial charge in [0.2, 0.25) is 0 Å². The van der Waals surface area contributed by atoms with Gasteiger partial charge in [-0.2, -0.15) is 0 Å². The van der Waals surface area contributed by atoms with Crippen molar-refractivity contribution in [1.82, 2.24) is 0 Å². The van der Waals surface area contributed by atoms with Crippen molar-refractivity contribution in [2.24, 2.45) is 0 Å². The molecule has 2 aromatic carbocycles. The number of rotatable bonds is 8. The smallest absolute Gasteiger partial charge is 0.303 e. The molecule has 10 nitrogen and oxygen atoms in total. The van der Waals surface area contributed by atoms with Crippen LogP contribution in [0.3, 0.4) is 0 Å². The molecule has 5 atom stereocenters. The van der Waals surface area contributed by atoms with Gasteiger partial charge in [0, 0.05) is 43.6 Å². The summed E-state index contributed by atoms with van der Waals surface area (Å²) in [6.45, 7) is 3.74. The number of thioether (sulfide) groups is 2. The summed E-state index contributed by atoms with van der Waals surface area (Å²) in [4.78, 5) is 46.2. The molecule has 0 saturated carbocycles. The normalized spacial score (nSPS) is 22.2. The van der Waals surface area contributed by atoms with E-state index in [9.17, 15) is 29.6 Å². The number of carbonyl (C=O) groups excluding carboxylic acids is 3. The van der Waals surface area contributed by atoms with E-state index in [1.165, 1.54) is 68.6 Å². The summed E-state index contributed by atoms with van der Waals surface area (Å²) < 4.78 is 15.9. The molecule has 1 saturated heterocycles. The van der Waals surface area contributed by atoms with Crippen LogP contribution in [0.5, 0.6) is 0 Å². The van der Waals surface area contributed by atoms with Crippen molar-refractivity contribution >= 4 is 47.1 Å². The predicted octanol–water partition coefficient (Wildman–Crippen LogP) is 3.64. The van der Waals surface area contributed by atoms with E-state index in [4.69, 9.17) is 14.2 Å². The van der Waals surface area contributed by atoms with Gasteiger partial charge in [0.05, 0.1) is 9.51 Å². The number of benzene rings is 2. The summed E-state index contributed by atoms with van der Waals surface area (Å²) in [7, 11) is 0. The number of non-ortho nitro benzene ring substituents is 1. The number of esters is 3. The first-order chi connectivity index (χ1) is 17.0. The van der Waals surface area contributed by atoms with Gasteiger partial charge in [-0.05, 0) is 35.4 Å². The molecule has 1 unspecified atom stereocenters. The second kappa shape index (κ2) is 12.2. The number of carbonyl (C=O) groups is 3. The molecular formula is C24H25NO9S2. The molecule has 2 aromatic rings. The van der Waals surface area contributed by atoms with Crippen molar-refractivity contribution < 1.29 is 38.6 Å². The molecule has 0 spiro atoms. The van der Waals surface area contributed by atoms with Crippen molar-refractivity contribution in [2.45, 2.75) is 54.7 Å². The maximum Gasteiger partial charge on any atom is 0.303 e. The van der Waals surface area contributed by atoms with E-state index in [0.717, 1.165) is 4.90 Å². The highest BCUT2D eigenvalue weighted by Crippen LogP contribution is 2.42. The van der Waals surface area contributed by atoms with Gasteiger partial charge in [0.1, 0.15) is 6.10 Å². The van der Waals surface area contributed by atoms with E-state index in [1.807, 2.05) is 0 Å². The van der Waals surface area contributed by atoms with Crippen molar-refractivity contribution in [3.05, 3.63) is 69.8 Å². The highest BCUT2D eigenvalue weighted by atomic mass is 32.2. The molecule has 1 aliphatic heterocycles. The third-order valence-electron chi connectivity index (χ3n) is 5.17. The second-order valence-electron chi connectivity index (χ2n) is 7.94. The van der Waals surface area contributed by atoms with E-state index in [2.05, 4.69) is 0 Å². The van der Waals surface area contributed by atoms with Gasteiger partial charge < -0.3 is 19.3 Å². The summed E-state index contributed by atoms with van der Waals surface area (Å²) in [5.41, 5.74) is 1.04. The topological polar surface area (TPSA) is 142 Å². The van der Waals surface area contributed by atoms with E-state index in [-0.39, 0.29) is 10.3 Å². The largest absolute Gasteiger partial charge is 0.458 e. The number of nitro groups is 1. The molecule has 1 fully saturated rings. The van der Waals surface area contributed by atoms with Gasteiger partial charge in [-0.3, -0.25) is 24.5 Å². The van der Waals surface area contributed by atoms with Crippen LogP contribution in [0.1, 0.15) is 38.0 Å². The van der Waals surface area contributed by atoms with Gasteiger partial charge in [-0.15, -0.1) is 23.5 Å². The Balaban J connectivity index is 1.77. The van der Waals surface area contributed by atoms with E-state index in [1.54, 1.807) is 24.3 Å². The Bertz CT molecular complexity index is 1110. The first-order valence-corrected chi connectivity index (χ1v) is 12.8. The van der Waals surface area contributed by atoms with Crippen molar-refractivity contribution in [3.8, 4) is 0 Å². The zero-order chi connectivity index (χ0) is 26.4. The molecule has 192 valence electrons. The SMILES string of the molecule is CC(=O)O[C@@H]1[C@@H](OC(C)=O)[C@H](Sc2ccc(C(O)c3ccc([N+](=O)[O-])cc3)cc2)SC[C@H]1OC(C)=O.